The molecule has 3 rings (SSSR count). The van der Waals surface area contributed by atoms with Gasteiger partial charge < -0.3 is 18.9 Å². The van der Waals surface area contributed by atoms with E-state index in [0.29, 0.717) is 32.1 Å². The van der Waals surface area contributed by atoms with Gasteiger partial charge in [0.25, 0.3) is 0 Å². The minimum absolute atomic E-state index is 0.128. The third-order valence-corrected chi connectivity index (χ3v) is 8.77. The van der Waals surface area contributed by atoms with Crippen molar-refractivity contribution in [3.05, 3.63) is 23.8 Å². The summed E-state index contributed by atoms with van der Waals surface area (Å²) < 4.78 is 23.3. The van der Waals surface area contributed by atoms with E-state index < -0.39 is 46.5 Å². The molecule has 0 unspecified atom stereocenters. The van der Waals surface area contributed by atoms with Crippen LogP contribution in [-0.2, 0) is 38.1 Å². The zero-order chi connectivity index (χ0) is 27.1. The minimum Gasteiger partial charge on any atom is -0.465 e. The van der Waals surface area contributed by atoms with Crippen LogP contribution in [0.5, 0.6) is 0 Å². The molecule has 0 bridgehead atoms. The summed E-state index contributed by atoms with van der Waals surface area (Å²) in [6.07, 6.45) is 3.08. The maximum atomic E-state index is 12.3. The van der Waals surface area contributed by atoms with Crippen LogP contribution < -0.4 is 0 Å². The van der Waals surface area contributed by atoms with Gasteiger partial charge in [-0.25, -0.2) is 0 Å². The molecule has 1 fully saturated rings. The maximum Gasteiger partial charge on any atom is 0.303 e. The molecule has 3 aliphatic rings. The van der Waals surface area contributed by atoms with Gasteiger partial charge in [-0.3, -0.25) is 19.2 Å². The van der Waals surface area contributed by atoms with Gasteiger partial charge in [0.1, 0.15) is 18.3 Å². The highest BCUT2D eigenvalue weighted by Gasteiger charge is 2.63. The van der Waals surface area contributed by atoms with E-state index in [2.05, 4.69) is 20.4 Å². The molecule has 1 saturated carbocycles. The maximum absolute atomic E-state index is 12.3. The van der Waals surface area contributed by atoms with Crippen LogP contribution in [0, 0.1) is 22.2 Å². The Kier molecular flexibility index (Phi) is 7.78. The summed E-state index contributed by atoms with van der Waals surface area (Å²) in [5.74, 6) is -1.72. The summed E-state index contributed by atoms with van der Waals surface area (Å²) in [5, 5.41) is 0. The molecule has 36 heavy (non-hydrogen) atoms. The van der Waals surface area contributed by atoms with E-state index in [1.165, 1.54) is 27.7 Å². The topological polar surface area (TPSA) is 105 Å². The lowest BCUT2D eigenvalue weighted by Crippen LogP contribution is -2.61. The van der Waals surface area contributed by atoms with E-state index in [9.17, 15) is 19.2 Å². The average Bonchev–Trinajstić information content (AvgIpc) is 2.77. The molecule has 0 aromatic rings. The van der Waals surface area contributed by atoms with E-state index in [4.69, 9.17) is 18.9 Å². The molecule has 0 heterocycles. The molecule has 0 N–H and O–H groups in total. The first-order valence-corrected chi connectivity index (χ1v) is 12.7. The van der Waals surface area contributed by atoms with Crippen molar-refractivity contribution in [3.8, 4) is 0 Å². The molecular formula is C28H40O8. The molecule has 7 atom stereocenters. The third-order valence-electron chi connectivity index (χ3n) is 8.77. The number of rotatable bonds is 6. The third kappa shape index (κ3) is 4.96. The fraction of sp³-hybridized carbons (Fsp3) is 0.714. The van der Waals surface area contributed by atoms with Gasteiger partial charge in [-0.05, 0) is 38.0 Å². The van der Waals surface area contributed by atoms with Crippen LogP contribution >= 0.6 is 0 Å². The van der Waals surface area contributed by atoms with Gasteiger partial charge in [0.2, 0.25) is 0 Å². The highest BCUT2D eigenvalue weighted by atomic mass is 16.6. The molecule has 8 nitrogen and oxygen atoms in total. The summed E-state index contributed by atoms with van der Waals surface area (Å²) in [5.41, 5.74) is 0.131. The molecule has 0 saturated heterocycles. The summed E-state index contributed by atoms with van der Waals surface area (Å²) in [7, 11) is 0. The first-order chi connectivity index (χ1) is 16.7. The van der Waals surface area contributed by atoms with Gasteiger partial charge in [0.05, 0.1) is 6.61 Å². The van der Waals surface area contributed by atoms with Crippen molar-refractivity contribution >= 4 is 23.9 Å². The molecule has 200 valence electrons. The monoisotopic (exact) mass is 504 g/mol. The Morgan fingerprint density at radius 3 is 2.06 bits per heavy atom. The second kappa shape index (κ2) is 10.0. The molecule has 0 aliphatic heterocycles. The van der Waals surface area contributed by atoms with Crippen LogP contribution in [0.15, 0.2) is 23.8 Å². The Bertz CT molecular complexity index is 982. The van der Waals surface area contributed by atoms with Crippen LogP contribution in [-0.4, -0.2) is 48.8 Å². The van der Waals surface area contributed by atoms with E-state index in [1.54, 1.807) is 6.08 Å². The van der Waals surface area contributed by atoms with Crippen molar-refractivity contribution in [2.75, 3.05) is 6.61 Å². The zero-order valence-corrected chi connectivity index (χ0v) is 22.6. The minimum atomic E-state index is -0.669. The molecule has 8 heteroatoms. The van der Waals surface area contributed by atoms with Gasteiger partial charge >= 0.3 is 23.9 Å². The van der Waals surface area contributed by atoms with Crippen molar-refractivity contribution in [2.45, 2.75) is 98.9 Å². The van der Waals surface area contributed by atoms with Gasteiger partial charge in [0, 0.05) is 49.5 Å². The predicted molar refractivity (Wildman–Crippen MR) is 131 cm³/mol. The Morgan fingerprint density at radius 2 is 1.53 bits per heavy atom. The quantitative estimate of drug-likeness (QED) is 0.297. The van der Waals surface area contributed by atoms with E-state index in [0.717, 1.165) is 11.1 Å². The first kappa shape index (κ1) is 27.9. The average molecular weight is 505 g/mol. The van der Waals surface area contributed by atoms with Crippen molar-refractivity contribution < 1.29 is 38.1 Å². The number of hydrogen-bond acceptors (Lipinski definition) is 8. The van der Waals surface area contributed by atoms with Crippen LogP contribution in [0.25, 0.3) is 0 Å². The Morgan fingerprint density at radius 1 is 0.917 bits per heavy atom. The molecule has 0 aromatic heterocycles. The number of ether oxygens (including phenoxy) is 4. The SMILES string of the molecule is C=C[C@@]1(C)CCC2=C([C@H]1OC(C)=O)[C@H](OC(C)=O)C[C@H]1[C@](C)(COC(C)=O)CC[C@H](OC(C)=O)[C@]21C. The molecule has 0 radical (unpaired) electrons. The van der Waals surface area contributed by atoms with Gasteiger partial charge in [-0.2, -0.15) is 0 Å². The fourth-order valence-electron chi connectivity index (χ4n) is 6.99. The smallest absolute Gasteiger partial charge is 0.303 e. The molecule has 0 aromatic carbocycles. The molecule has 3 aliphatic carbocycles. The number of esters is 4. The summed E-state index contributed by atoms with van der Waals surface area (Å²) in [6, 6.07) is 0. The number of fused-ring (bicyclic) bond motifs is 2. The standard InChI is InChI=1S/C28H40O8/c1-9-26(6)12-10-20-24(25(26)36-19(5)32)21(34-17(3)30)14-22-27(7,15-33-16(2)29)13-11-23(28(20,22)8)35-18(4)31/h9,21-23,25H,1,10-15H2,2-8H3/t21-,22+,23+,25-,26+,27+,28-/m1/s1. The van der Waals surface area contributed by atoms with Crippen LogP contribution in [0.1, 0.15) is 80.6 Å². The van der Waals surface area contributed by atoms with Crippen LogP contribution in [0.2, 0.25) is 0 Å². The molecule has 0 amide bonds. The largest absolute Gasteiger partial charge is 0.465 e. The van der Waals surface area contributed by atoms with Crippen LogP contribution in [0.4, 0.5) is 0 Å². The lowest BCUT2D eigenvalue weighted by atomic mass is 9.46. The second-order valence-corrected chi connectivity index (χ2v) is 11.4. The first-order valence-electron chi connectivity index (χ1n) is 12.7. The van der Waals surface area contributed by atoms with Gasteiger partial charge in [0.15, 0.2) is 0 Å². The molecular weight excluding hydrogens is 464 g/mol. The van der Waals surface area contributed by atoms with E-state index in [-0.39, 0.29) is 24.5 Å². The van der Waals surface area contributed by atoms with E-state index >= 15 is 0 Å². The highest BCUT2D eigenvalue weighted by molar-refractivity contribution is 5.69. The fourth-order valence-corrected chi connectivity index (χ4v) is 6.99. The lowest BCUT2D eigenvalue weighted by molar-refractivity contribution is -0.181. The Balaban J connectivity index is 2.27. The normalized spacial score (nSPS) is 37.6. The Labute approximate surface area is 213 Å². The summed E-state index contributed by atoms with van der Waals surface area (Å²) in [4.78, 5) is 48.4. The Hall–Kier alpha value is -2.64. The zero-order valence-electron chi connectivity index (χ0n) is 22.6. The number of carbonyl (C=O) groups is 4. The summed E-state index contributed by atoms with van der Waals surface area (Å²) in [6.45, 7) is 15.9. The van der Waals surface area contributed by atoms with Crippen molar-refractivity contribution in [2.24, 2.45) is 22.2 Å². The predicted octanol–water partition coefficient (Wildman–Crippen LogP) is 4.45. The molecule has 0 spiro atoms. The summed E-state index contributed by atoms with van der Waals surface area (Å²) >= 11 is 0. The second-order valence-electron chi connectivity index (χ2n) is 11.4. The van der Waals surface area contributed by atoms with Gasteiger partial charge in [-0.15, -0.1) is 6.58 Å². The van der Waals surface area contributed by atoms with E-state index in [1.807, 2.05) is 6.92 Å². The van der Waals surface area contributed by atoms with Crippen LogP contribution in [0.3, 0.4) is 0 Å². The van der Waals surface area contributed by atoms with Crippen molar-refractivity contribution in [3.63, 3.8) is 0 Å². The van der Waals surface area contributed by atoms with Crippen molar-refractivity contribution in [1.82, 2.24) is 0 Å². The van der Waals surface area contributed by atoms with Gasteiger partial charge in [-0.1, -0.05) is 32.4 Å². The number of hydrogen-bond donors (Lipinski definition) is 0. The number of carbonyl (C=O) groups excluding carboxylic acids is 4. The highest BCUT2D eigenvalue weighted by Crippen LogP contribution is 2.64. The van der Waals surface area contributed by atoms with Crippen molar-refractivity contribution in [1.29, 1.82) is 0 Å². The lowest BCUT2D eigenvalue weighted by Gasteiger charge is -2.61.